The minimum Gasteiger partial charge on any atom is -0.492 e. The number of hydrogen-bond donors (Lipinski definition) is 1. The van der Waals surface area contributed by atoms with Crippen LogP contribution in [0.15, 0.2) is 30.3 Å². The van der Waals surface area contributed by atoms with E-state index in [-0.39, 0.29) is 0 Å². The SMILES string of the molecule is C#CCCCC(COc1ccccc1)NCC. The second kappa shape index (κ2) is 8.66. The van der Waals surface area contributed by atoms with Gasteiger partial charge in [-0.25, -0.2) is 0 Å². The van der Waals surface area contributed by atoms with Gasteiger partial charge in [0.05, 0.1) is 0 Å². The largest absolute Gasteiger partial charge is 0.492 e. The highest BCUT2D eigenvalue weighted by Gasteiger charge is 2.07. The Hall–Kier alpha value is -1.46. The average molecular weight is 231 g/mol. The number of likely N-dealkylation sites (N-methyl/N-ethyl adjacent to an activating group) is 1. The molecule has 0 spiro atoms. The number of ether oxygens (including phenoxy) is 1. The third-order valence-corrected chi connectivity index (χ3v) is 2.56. The van der Waals surface area contributed by atoms with Gasteiger partial charge in [-0.3, -0.25) is 0 Å². The van der Waals surface area contributed by atoms with Crippen LogP contribution in [-0.2, 0) is 0 Å². The molecule has 0 saturated carbocycles. The summed E-state index contributed by atoms with van der Waals surface area (Å²) in [5.74, 6) is 3.59. The van der Waals surface area contributed by atoms with Gasteiger partial charge in [-0.2, -0.15) is 0 Å². The van der Waals surface area contributed by atoms with Gasteiger partial charge < -0.3 is 10.1 Å². The van der Waals surface area contributed by atoms with E-state index in [1.807, 2.05) is 30.3 Å². The minimum atomic E-state index is 0.383. The van der Waals surface area contributed by atoms with E-state index in [0.29, 0.717) is 12.6 Å². The molecule has 0 aromatic heterocycles. The van der Waals surface area contributed by atoms with Crippen LogP contribution in [0.1, 0.15) is 26.2 Å². The summed E-state index contributed by atoms with van der Waals surface area (Å²) in [7, 11) is 0. The Labute approximate surface area is 104 Å². The summed E-state index contributed by atoms with van der Waals surface area (Å²) in [6.45, 7) is 3.76. The molecule has 1 atom stereocenters. The lowest BCUT2D eigenvalue weighted by Crippen LogP contribution is -2.34. The van der Waals surface area contributed by atoms with Crippen molar-refractivity contribution in [1.29, 1.82) is 0 Å². The molecule has 1 unspecified atom stereocenters. The number of para-hydroxylation sites is 1. The molecule has 0 aliphatic rings. The number of unbranched alkanes of at least 4 members (excludes halogenated alkanes) is 1. The van der Waals surface area contributed by atoms with Gasteiger partial charge in [0.25, 0.3) is 0 Å². The van der Waals surface area contributed by atoms with E-state index in [1.54, 1.807) is 0 Å². The lowest BCUT2D eigenvalue weighted by atomic mass is 10.1. The molecule has 1 rings (SSSR count). The van der Waals surface area contributed by atoms with E-state index >= 15 is 0 Å². The van der Waals surface area contributed by atoms with Crippen LogP contribution in [0.2, 0.25) is 0 Å². The first-order valence-corrected chi connectivity index (χ1v) is 6.21. The van der Waals surface area contributed by atoms with E-state index in [0.717, 1.165) is 31.6 Å². The molecule has 0 bridgehead atoms. The van der Waals surface area contributed by atoms with E-state index in [4.69, 9.17) is 11.2 Å². The molecule has 0 aliphatic heterocycles. The number of rotatable bonds is 8. The molecule has 0 amide bonds. The normalized spacial score (nSPS) is 11.8. The number of nitrogens with one attached hydrogen (secondary N) is 1. The van der Waals surface area contributed by atoms with Gasteiger partial charge in [0.1, 0.15) is 12.4 Å². The van der Waals surface area contributed by atoms with Crippen LogP contribution in [0.3, 0.4) is 0 Å². The Balaban J connectivity index is 2.31. The highest BCUT2D eigenvalue weighted by molar-refractivity contribution is 5.20. The Morgan fingerprint density at radius 2 is 2.12 bits per heavy atom. The number of benzene rings is 1. The Morgan fingerprint density at radius 1 is 1.35 bits per heavy atom. The quantitative estimate of drug-likeness (QED) is 0.548. The zero-order valence-electron chi connectivity index (χ0n) is 10.5. The van der Waals surface area contributed by atoms with E-state index < -0.39 is 0 Å². The highest BCUT2D eigenvalue weighted by atomic mass is 16.5. The Kier molecular flexibility index (Phi) is 6.93. The van der Waals surface area contributed by atoms with Crippen LogP contribution in [0.25, 0.3) is 0 Å². The summed E-state index contributed by atoms with van der Waals surface area (Å²) < 4.78 is 5.74. The van der Waals surface area contributed by atoms with Crippen LogP contribution < -0.4 is 10.1 Å². The van der Waals surface area contributed by atoms with Crippen LogP contribution in [-0.4, -0.2) is 19.2 Å². The molecule has 92 valence electrons. The molecule has 1 aromatic rings. The zero-order chi connectivity index (χ0) is 12.3. The van der Waals surface area contributed by atoms with E-state index in [1.165, 1.54) is 0 Å². The lowest BCUT2D eigenvalue weighted by Gasteiger charge is -2.18. The predicted octanol–water partition coefficient (Wildman–Crippen LogP) is 2.85. The third-order valence-electron chi connectivity index (χ3n) is 2.56. The van der Waals surface area contributed by atoms with Crippen molar-refractivity contribution in [3.8, 4) is 18.1 Å². The molecular weight excluding hydrogens is 210 g/mol. The molecule has 0 saturated heterocycles. The molecular formula is C15H21NO. The van der Waals surface area contributed by atoms with Gasteiger partial charge in [0.15, 0.2) is 0 Å². The number of hydrogen-bond acceptors (Lipinski definition) is 2. The van der Waals surface area contributed by atoms with Crippen LogP contribution >= 0.6 is 0 Å². The first-order chi connectivity index (χ1) is 8.36. The first kappa shape index (κ1) is 13.6. The first-order valence-electron chi connectivity index (χ1n) is 6.21. The fraction of sp³-hybridized carbons (Fsp3) is 0.467. The standard InChI is InChI=1S/C15H21NO/c1-3-5-7-10-14(16-4-2)13-17-15-11-8-6-9-12-15/h1,6,8-9,11-12,14,16H,4-5,7,10,13H2,2H3. The van der Waals surface area contributed by atoms with E-state index in [2.05, 4.69) is 18.2 Å². The monoisotopic (exact) mass is 231 g/mol. The van der Waals surface area contributed by atoms with Crippen molar-refractivity contribution in [2.24, 2.45) is 0 Å². The molecule has 0 heterocycles. The molecule has 0 radical (unpaired) electrons. The van der Waals surface area contributed by atoms with Crippen molar-refractivity contribution in [1.82, 2.24) is 5.32 Å². The van der Waals surface area contributed by atoms with Gasteiger partial charge in [-0.1, -0.05) is 25.1 Å². The van der Waals surface area contributed by atoms with Crippen LogP contribution in [0.5, 0.6) is 5.75 Å². The second-order valence-corrected chi connectivity index (χ2v) is 3.98. The van der Waals surface area contributed by atoms with Crippen molar-refractivity contribution < 1.29 is 4.74 Å². The van der Waals surface area contributed by atoms with Crippen molar-refractivity contribution >= 4 is 0 Å². The van der Waals surface area contributed by atoms with Gasteiger partial charge in [-0.15, -0.1) is 12.3 Å². The molecule has 1 N–H and O–H groups in total. The summed E-state index contributed by atoms with van der Waals surface area (Å²) >= 11 is 0. The maximum absolute atomic E-state index is 5.74. The summed E-state index contributed by atoms with van der Waals surface area (Å²) in [5.41, 5.74) is 0. The summed E-state index contributed by atoms with van der Waals surface area (Å²) in [6.07, 6.45) is 8.20. The summed E-state index contributed by atoms with van der Waals surface area (Å²) in [4.78, 5) is 0. The summed E-state index contributed by atoms with van der Waals surface area (Å²) in [5, 5.41) is 3.42. The Morgan fingerprint density at radius 3 is 2.76 bits per heavy atom. The zero-order valence-corrected chi connectivity index (χ0v) is 10.5. The van der Waals surface area contributed by atoms with Gasteiger partial charge in [0.2, 0.25) is 0 Å². The maximum atomic E-state index is 5.74. The maximum Gasteiger partial charge on any atom is 0.119 e. The predicted molar refractivity (Wildman–Crippen MR) is 72.1 cm³/mol. The van der Waals surface area contributed by atoms with Gasteiger partial charge >= 0.3 is 0 Å². The molecule has 0 aliphatic carbocycles. The van der Waals surface area contributed by atoms with Crippen LogP contribution in [0.4, 0.5) is 0 Å². The molecule has 0 fully saturated rings. The molecule has 17 heavy (non-hydrogen) atoms. The highest BCUT2D eigenvalue weighted by Crippen LogP contribution is 2.10. The van der Waals surface area contributed by atoms with Crippen LogP contribution in [0, 0.1) is 12.3 Å². The van der Waals surface area contributed by atoms with Crippen molar-refractivity contribution in [2.75, 3.05) is 13.2 Å². The second-order valence-electron chi connectivity index (χ2n) is 3.98. The minimum absolute atomic E-state index is 0.383. The molecule has 2 heteroatoms. The average Bonchev–Trinajstić information content (AvgIpc) is 2.37. The van der Waals surface area contributed by atoms with Gasteiger partial charge in [0, 0.05) is 12.5 Å². The summed E-state index contributed by atoms with van der Waals surface area (Å²) in [6, 6.07) is 10.3. The fourth-order valence-corrected chi connectivity index (χ4v) is 1.70. The molecule has 1 aromatic carbocycles. The van der Waals surface area contributed by atoms with Crippen molar-refractivity contribution in [3.63, 3.8) is 0 Å². The van der Waals surface area contributed by atoms with Gasteiger partial charge in [-0.05, 0) is 31.5 Å². The van der Waals surface area contributed by atoms with Crippen molar-refractivity contribution in [3.05, 3.63) is 30.3 Å². The third kappa shape index (κ3) is 5.99. The van der Waals surface area contributed by atoms with Crippen molar-refractivity contribution in [2.45, 2.75) is 32.2 Å². The van der Waals surface area contributed by atoms with E-state index in [9.17, 15) is 0 Å². The molecule has 2 nitrogen and oxygen atoms in total. The smallest absolute Gasteiger partial charge is 0.119 e. The Bertz CT molecular complexity index is 329. The lowest BCUT2D eigenvalue weighted by molar-refractivity contribution is 0.256. The topological polar surface area (TPSA) is 21.3 Å². The fourth-order valence-electron chi connectivity index (χ4n) is 1.70. The number of terminal acetylenes is 1.